The molecule has 3 aliphatic heterocycles. The van der Waals surface area contributed by atoms with Crippen molar-refractivity contribution in [2.75, 3.05) is 12.4 Å². The SMILES string of the molecule is CC(C)C[C@H](NC(=O)[C@H](CCc1ccccc1)NC(=O)CCCCC1SCC2NC(=O)NC21)C(=O)N[C@@H](Cc1ccccc1)C(=O)N[C@@H](CC(C)C)C(=O)[C@@]1(C)CO1. The van der Waals surface area contributed by atoms with E-state index in [9.17, 15) is 28.8 Å². The van der Waals surface area contributed by atoms with E-state index < -0.39 is 47.5 Å². The second-order valence-electron chi connectivity index (χ2n) is 17.0. The number of carbonyl (C=O) groups excluding carboxylic acids is 6. The highest BCUT2D eigenvalue weighted by Gasteiger charge is 2.50. The predicted octanol–water partition coefficient (Wildman–Crippen LogP) is 3.98. The van der Waals surface area contributed by atoms with E-state index in [2.05, 4.69) is 31.9 Å². The first-order chi connectivity index (χ1) is 27.7. The summed E-state index contributed by atoms with van der Waals surface area (Å²) < 4.78 is 5.42. The Balaban J connectivity index is 1.25. The third kappa shape index (κ3) is 13.3. The fourth-order valence-electron chi connectivity index (χ4n) is 7.67. The van der Waals surface area contributed by atoms with Gasteiger partial charge in [-0.3, -0.25) is 24.0 Å². The number of amides is 6. The average molecular weight is 819 g/mol. The van der Waals surface area contributed by atoms with Crippen LogP contribution in [0.25, 0.3) is 0 Å². The molecule has 8 atom stereocenters. The van der Waals surface area contributed by atoms with Crippen LogP contribution in [0.5, 0.6) is 0 Å². The molecule has 6 N–H and O–H groups in total. The highest BCUT2D eigenvalue weighted by atomic mass is 32.2. The number of fused-ring (bicyclic) bond motifs is 1. The summed E-state index contributed by atoms with van der Waals surface area (Å²) in [5, 5.41) is 18.0. The molecule has 14 heteroatoms. The molecule has 3 fully saturated rings. The minimum absolute atomic E-state index is 0.00350. The number of hydrogen-bond acceptors (Lipinski definition) is 8. The molecule has 3 heterocycles. The lowest BCUT2D eigenvalue weighted by molar-refractivity contribution is -0.135. The molecule has 0 saturated carbocycles. The molecule has 2 aromatic rings. The van der Waals surface area contributed by atoms with E-state index in [1.807, 2.05) is 100 Å². The molecular formula is C44H62N6O7S. The summed E-state index contributed by atoms with van der Waals surface area (Å²) in [7, 11) is 0. The van der Waals surface area contributed by atoms with Crippen molar-refractivity contribution in [2.24, 2.45) is 11.8 Å². The molecule has 3 aliphatic rings. The van der Waals surface area contributed by atoms with Gasteiger partial charge in [0, 0.05) is 23.8 Å². The van der Waals surface area contributed by atoms with Crippen LogP contribution in [0, 0.1) is 11.8 Å². The Kier molecular flexibility index (Phi) is 16.2. The van der Waals surface area contributed by atoms with Gasteiger partial charge in [0.15, 0.2) is 5.78 Å². The molecule has 13 nitrogen and oxygen atoms in total. The van der Waals surface area contributed by atoms with Gasteiger partial charge in [-0.1, -0.05) is 94.8 Å². The van der Waals surface area contributed by atoms with Crippen molar-refractivity contribution in [2.45, 2.75) is 140 Å². The van der Waals surface area contributed by atoms with Crippen molar-refractivity contribution in [3.05, 3.63) is 71.8 Å². The average Bonchev–Trinajstić information content (AvgIpc) is 3.68. The van der Waals surface area contributed by atoms with Gasteiger partial charge in [0.1, 0.15) is 23.7 Å². The molecule has 6 amide bonds. The number of Topliss-reactive ketones (excluding diaryl/α,β-unsaturated/α-hetero) is 1. The summed E-state index contributed by atoms with van der Waals surface area (Å²) in [6, 6.07) is 15.4. The maximum Gasteiger partial charge on any atom is 0.315 e. The number of ketones is 1. The van der Waals surface area contributed by atoms with Gasteiger partial charge in [-0.05, 0) is 68.4 Å². The largest absolute Gasteiger partial charge is 0.361 e. The second kappa shape index (κ2) is 21.0. The van der Waals surface area contributed by atoms with Gasteiger partial charge in [-0.25, -0.2) is 4.79 Å². The van der Waals surface area contributed by atoms with Crippen molar-refractivity contribution in [1.29, 1.82) is 0 Å². The van der Waals surface area contributed by atoms with E-state index in [1.54, 1.807) is 6.92 Å². The van der Waals surface area contributed by atoms with E-state index in [4.69, 9.17) is 4.74 Å². The molecule has 5 rings (SSSR count). The van der Waals surface area contributed by atoms with Crippen molar-refractivity contribution in [1.82, 2.24) is 31.9 Å². The molecule has 316 valence electrons. The number of unbranched alkanes of at least 4 members (excludes halogenated alkanes) is 1. The zero-order valence-corrected chi connectivity index (χ0v) is 35.3. The van der Waals surface area contributed by atoms with E-state index in [-0.39, 0.29) is 60.9 Å². The van der Waals surface area contributed by atoms with E-state index >= 15 is 0 Å². The van der Waals surface area contributed by atoms with Gasteiger partial charge in [0.25, 0.3) is 0 Å². The number of hydrogen-bond donors (Lipinski definition) is 6. The number of ether oxygens (including phenoxy) is 1. The van der Waals surface area contributed by atoms with Crippen molar-refractivity contribution >= 4 is 47.2 Å². The normalized spacial score (nSPS) is 22.8. The van der Waals surface area contributed by atoms with Crippen molar-refractivity contribution < 1.29 is 33.5 Å². The fourth-order valence-corrected chi connectivity index (χ4v) is 9.21. The first-order valence-electron chi connectivity index (χ1n) is 20.9. The lowest BCUT2D eigenvalue weighted by Crippen LogP contribution is -2.59. The first-order valence-corrected chi connectivity index (χ1v) is 21.9. The summed E-state index contributed by atoms with van der Waals surface area (Å²) in [5.74, 6) is -0.972. The Labute approximate surface area is 347 Å². The fraction of sp³-hybridized carbons (Fsp3) is 0.591. The van der Waals surface area contributed by atoms with Crippen LogP contribution in [0.2, 0.25) is 0 Å². The summed E-state index contributed by atoms with van der Waals surface area (Å²) in [4.78, 5) is 80.8. The van der Waals surface area contributed by atoms with Crippen LogP contribution in [-0.4, -0.2) is 94.9 Å². The monoisotopic (exact) mass is 818 g/mol. The van der Waals surface area contributed by atoms with Crippen molar-refractivity contribution in [3.8, 4) is 0 Å². The standard InChI is InChI=1S/C44H62N6O7S/c1-27(2)22-32(39(52)44(5)26-57-44)46-42(55)34(24-30-16-10-7-11-17-30)48-41(54)33(23-28(3)4)47-40(53)31(21-20-29-14-8-6-9-15-29)45-37(51)19-13-12-18-36-38-35(25-58-36)49-43(56)50-38/h6-11,14-17,27-28,31-36,38H,12-13,18-26H2,1-5H3,(H,45,51)(H,46,55)(H,47,53)(H,48,54)(H2,49,50,56)/t31-,32-,33-,34-,35?,36?,38?,44+/m0/s1. The van der Waals surface area contributed by atoms with Crippen molar-refractivity contribution in [3.63, 3.8) is 0 Å². The third-order valence-electron chi connectivity index (χ3n) is 11.0. The highest BCUT2D eigenvalue weighted by Crippen LogP contribution is 2.33. The van der Waals surface area contributed by atoms with E-state index in [0.29, 0.717) is 37.5 Å². The zero-order chi connectivity index (χ0) is 41.8. The number of nitrogens with one attached hydrogen (secondary N) is 6. The first kappa shape index (κ1) is 44.7. The smallest absolute Gasteiger partial charge is 0.315 e. The van der Waals surface area contributed by atoms with Crippen LogP contribution < -0.4 is 31.9 Å². The zero-order valence-electron chi connectivity index (χ0n) is 34.5. The van der Waals surface area contributed by atoms with Crippen LogP contribution in [0.15, 0.2) is 60.7 Å². The summed E-state index contributed by atoms with van der Waals surface area (Å²) in [6.45, 7) is 9.85. The van der Waals surface area contributed by atoms with Crippen LogP contribution in [0.1, 0.15) is 90.7 Å². The number of benzene rings is 2. The van der Waals surface area contributed by atoms with E-state index in [0.717, 1.165) is 29.7 Å². The molecule has 0 bridgehead atoms. The summed E-state index contributed by atoms with van der Waals surface area (Å²) in [5.41, 5.74) is 0.892. The van der Waals surface area contributed by atoms with Crippen LogP contribution in [-0.2, 0) is 41.6 Å². The second-order valence-corrected chi connectivity index (χ2v) is 18.3. The molecule has 3 saturated heterocycles. The molecule has 0 radical (unpaired) electrons. The summed E-state index contributed by atoms with van der Waals surface area (Å²) >= 11 is 1.84. The maximum absolute atomic E-state index is 14.2. The Morgan fingerprint density at radius 2 is 1.33 bits per heavy atom. The molecule has 0 aromatic heterocycles. The third-order valence-corrected chi connectivity index (χ3v) is 12.5. The topological polar surface area (TPSA) is 187 Å². The number of aryl methyl sites for hydroxylation is 1. The highest BCUT2D eigenvalue weighted by molar-refractivity contribution is 8.00. The predicted molar refractivity (Wildman–Crippen MR) is 225 cm³/mol. The van der Waals surface area contributed by atoms with Gasteiger partial charge in [-0.15, -0.1) is 0 Å². The molecular weight excluding hydrogens is 757 g/mol. The molecule has 58 heavy (non-hydrogen) atoms. The van der Waals surface area contributed by atoms with Crippen LogP contribution >= 0.6 is 11.8 Å². The number of epoxide rings is 1. The number of rotatable bonds is 23. The van der Waals surface area contributed by atoms with Gasteiger partial charge < -0.3 is 36.6 Å². The van der Waals surface area contributed by atoms with Crippen LogP contribution in [0.4, 0.5) is 4.79 Å². The molecule has 0 aliphatic carbocycles. The number of carbonyl (C=O) groups is 6. The Bertz CT molecular complexity index is 1720. The number of urea groups is 1. The maximum atomic E-state index is 14.2. The molecule has 0 spiro atoms. The lowest BCUT2D eigenvalue weighted by atomic mass is 9.93. The van der Waals surface area contributed by atoms with E-state index in [1.165, 1.54) is 0 Å². The molecule has 2 aromatic carbocycles. The Morgan fingerprint density at radius 1 is 0.759 bits per heavy atom. The summed E-state index contributed by atoms with van der Waals surface area (Å²) in [6.07, 6.45) is 4.26. The van der Waals surface area contributed by atoms with Crippen LogP contribution in [0.3, 0.4) is 0 Å². The minimum atomic E-state index is -1.04. The Hall–Kier alpha value is -4.43. The quantitative estimate of drug-likeness (QED) is 0.0553. The van der Waals surface area contributed by atoms with Gasteiger partial charge in [0.2, 0.25) is 23.6 Å². The minimum Gasteiger partial charge on any atom is -0.361 e. The van der Waals surface area contributed by atoms with Gasteiger partial charge in [0.05, 0.1) is 24.7 Å². The van der Waals surface area contributed by atoms with Gasteiger partial charge >= 0.3 is 6.03 Å². The number of thioether (sulfide) groups is 1. The lowest BCUT2D eigenvalue weighted by Gasteiger charge is -2.28. The Morgan fingerprint density at radius 3 is 1.97 bits per heavy atom. The van der Waals surface area contributed by atoms with Gasteiger partial charge in [-0.2, -0.15) is 11.8 Å². The molecule has 3 unspecified atom stereocenters.